The molecular formula is C10H22S2. The minimum absolute atomic E-state index is 0.643. The third-order valence-corrected chi connectivity index (χ3v) is 2.92. The van der Waals surface area contributed by atoms with E-state index in [2.05, 4.69) is 32.2 Å². The zero-order valence-corrected chi connectivity index (χ0v) is 9.92. The lowest BCUT2D eigenvalue weighted by Crippen LogP contribution is -1.98. The van der Waals surface area contributed by atoms with Crippen molar-refractivity contribution in [3.05, 3.63) is 0 Å². The van der Waals surface area contributed by atoms with Crippen molar-refractivity contribution in [2.75, 3.05) is 5.75 Å². The van der Waals surface area contributed by atoms with Crippen molar-refractivity contribution in [1.29, 1.82) is 0 Å². The molecule has 0 aromatic rings. The number of thiol groups is 2. The van der Waals surface area contributed by atoms with Gasteiger partial charge in [0.05, 0.1) is 0 Å². The van der Waals surface area contributed by atoms with Gasteiger partial charge in [0, 0.05) is 5.25 Å². The third-order valence-electron chi connectivity index (χ3n) is 2.09. The maximum atomic E-state index is 4.55. The second-order valence-electron chi connectivity index (χ2n) is 3.37. The second-order valence-corrected chi connectivity index (χ2v) is 4.55. The summed E-state index contributed by atoms with van der Waals surface area (Å²) in [5.41, 5.74) is 0. The summed E-state index contributed by atoms with van der Waals surface area (Å²) in [5.74, 6) is 1.03. The van der Waals surface area contributed by atoms with Gasteiger partial charge in [0.15, 0.2) is 0 Å². The molecule has 0 spiro atoms. The molecule has 0 aliphatic rings. The Labute approximate surface area is 88.3 Å². The van der Waals surface area contributed by atoms with E-state index in [1.165, 1.54) is 44.9 Å². The summed E-state index contributed by atoms with van der Waals surface area (Å²) in [6, 6.07) is 0. The fourth-order valence-electron chi connectivity index (χ4n) is 1.25. The minimum atomic E-state index is 0.643. The van der Waals surface area contributed by atoms with Crippen molar-refractivity contribution in [2.24, 2.45) is 0 Å². The van der Waals surface area contributed by atoms with E-state index in [0.717, 1.165) is 5.75 Å². The highest BCUT2D eigenvalue weighted by Crippen LogP contribution is 2.14. The van der Waals surface area contributed by atoms with E-state index in [0.29, 0.717) is 5.25 Å². The van der Waals surface area contributed by atoms with Gasteiger partial charge in [-0.1, -0.05) is 32.6 Å². The molecule has 0 aliphatic carbocycles. The SMILES string of the molecule is CCCCC(S)CCCCCS. The lowest BCUT2D eigenvalue weighted by Gasteiger charge is -2.08. The fraction of sp³-hybridized carbons (Fsp3) is 1.00. The standard InChI is InChI=1S/C10H22S2/c1-2-3-7-10(12)8-5-4-6-9-11/h10-12H,2-9H2,1H3. The highest BCUT2D eigenvalue weighted by Gasteiger charge is 2.00. The number of hydrogen-bond acceptors (Lipinski definition) is 2. The van der Waals surface area contributed by atoms with Crippen LogP contribution in [0.15, 0.2) is 0 Å². The van der Waals surface area contributed by atoms with E-state index < -0.39 is 0 Å². The average Bonchev–Trinajstić information content (AvgIpc) is 2.09. The van der Waals surface area contributed by atoms with Crippen molar-refractivity contribution >= 4 is 25.3 Å². The Bertz CT molecular complexity index is 83.9. The van der Waals surface area contributed by atoms with Crippen LogP contribution in [0.25, 0.3) is 0 Å². The Morgan fingerprint density at radius 2 is 1.67 bits per heavy atom. The lowest BCUT2D eigenvalue weighted by molar-refractivity contribution is 0.601. The van der Waals surface area contributed by atoms with Crippen LogP contribution in [0.3, 0.4) is 0 Å². The van der Waals surface area contributed by atoms with E-state index in [9.17, 15) is 0 Å². The van der Waals surface area contributed by atoms with Crippen molar-refractivity contribution in [2.45, 2.75) is 57.1 Å². The first-order valence-electron chi connectivity index (χ1n) is 5.10. The molecule has 0 fully saturated rings. The summed E-state index contributed by atoms with van der Waals surface area (Å²) in [4.78, 5) is 0. The van der Waals surface area contributed by atoms with Gasteiger partial charge in [-0.05, 0) is 25.0 Å². The molecule has 0 aromatic carbocycles. The molecule has 0 N–H and O–H groups in total. The predicted molar refractivity (Wildman–Crippen MR) is 64.6 cm³/mol. The van der Waals surface area contributed by atoms with Gasteiger partial charge >= 0.3 is 0 Å². The topological polar surface area (TPSA) is 0 Å². The molecular weight excluding hydrogens is 184 g/mol. The van der Waals surface area contributed by atoms with Crippen LogP contribution < -0.4 is 0 Å². The van der Waals surface area contributed by atoms with Crippen LogP contribution in [0.4, 0.5) is 0 Å². The van der Waals surface area contributed by atoms with E-state index in [1.807, 2.05) is 0 Å². The highest BCUT2D eigenvalue weighted by atomic mass is 32.1. The van der Waals surface area contributed by atoms with Gasteiger partial charge in [-0.25, -0.2) is 0 Å². The smallest absolute Gasteiger partial charge is 0.00168 e. The molecule has 2 heteroatoms. The first-order valence-corrected chi connectivity index (χ1v) is 6.25. The Morgan fingerprint density at radius 1 is 1.00 bits per heavy atom. The van der Waals surface area contributed by atoms with Gasteiger partial charge in [-0.2, -0.15) is 25.3 Å². The van der Waals surface area contributed by atoms with Gasteiger partial charge in [-0.15, -0.1) is 0 Å². The lowest BCUT2D eigenvalue weighted by atomic mass is 10.1. The maximum Gasteiger partial charge on any atom is 0.00168 e. The monoisotopic (exact) mass is 206 g/mol. The van der Waals surface area contributed by atoms with E-state index in [4.69, 9.17) is 0 Å². The first-order chi connectivity index (χ1) is 5.81. The summed E-state index contributed by atoms with van der Waals surface area (Å²) in [6.45, 7) is 2.24. The Morgan fingerprint density at radius 3 is 2.25 bits per heavy atom. The van der Waals surface area contributed by atoms with Crippen LogP contribution in [0.1, 0.15) is 51.9 Å². The Kier molecular flexibility index (Phi) is 10.4. The van der Waals surface area contributed by atoms with Crippen molar-refractivity contribution in [3.63, 3.8) is 0 Å². The molecule has 0 bridgehead atoms. The van der Waals surface area contributed by atoms with Crippen LogP contribution in [0, 0.1) is 0 Å². The summed E-state index contributed by atoms with van der Waals surface area (Å²) < 4.78 is 0. The molecule has 1 unspecified atom stereocenters. The number of hydrogen-bond donors (Lipinski definition) is 2. The minimum Gasteiger partial charge on any atom is -0.179 e. The molecule has 0 heterocycles. The van der Waals surface area contributed by atoms with E-state index in [1.54, 1.807) is 0 Å². The van der Waals surface area contributed by atoms with E-state index >= 15 is 0 Å². The molecule has 0 saturated carbocycles. The Balaban J connectivity index is 3.02. The number of rotatable bonds is 8. The van der Waals surface area contributed by atoms with Gasteiger partial charge in [0.25, 0.3) is 0 Å². The van der Waals surface area contributed by atoms with Gasteiger partial charge in [0.1, 0.15) is 0 Å². The molecule has 0 radical (unpaired) electrons. The molecule has 0 rings (SSSR count). The normalized spacial score (nSPS) is 13.2. The Hall–Kier alpha value is 0.700. The molecule has 0 saturated heterocycles. The summed E-state index contributed by atoms with van der Waals surface area (Å²) >= 11 is 8.73. The molecule has 12 heavy (non-hydrogen) atoms. The average molecular weight is 206 g/mol. The molecule has 0 aromatic heterocycles. The largest absolute Gasteiger partial charge is 0.179 e. The molecule has 0 amide bonds. The quantitative estimate of drug-likeness (QED) is 0.436. The van der Waals surface area contributed by atoms with Crippen molar-refractivity contribution < 1.29 is 0 Å². The van der Waals surface area contributed by atoms with E-state index in [-0.39, 0.29) is 0 Å². The summed E-state index contributed by atoms with van der Waals surface area (Å²) in [5, 5.41) is 0.643. The first kappa shape index (κ1) is 12.7. The number of unbranched alkanes of at least 4 members (excludes halogenated alkanes) is 3. The molecule has 0 nitrogen and oxygen atoms in total. The van der Waals surface area contributed by atoms with Gasteiger partial charge < -0.3 is 0 Å². The van der Waals surface area contributed by atoms with Crippen LogP contribution in [0.2, 0.25) is 0 Å². The van der Waals surface area contributed by atoms with Gasteiger partial charge in [-0.3, -0.25) is 0 Å². The fourth-order valence-corrected chi connectivity index (χ4v) is 1.84. The van der Waals surface area contributed by atoms with Crippen LogP contribution in [-0.2, 0) is 0 Å². The predicted octanol–water partition coefficient (Wildman–Crippen LogP) is 3.97. The zero-order valence-electron chi connectivity index (χ0n) is 8.13. The van der Waals surface area contributed by atoms with Crippen molar-refractivity contribution in [1.82, 2.24) is 0 Å². The highest BCUT2D eigenvalue weighted by molar-refractivity contribution is 7.81. The van der Waals surface area contributed by atoms with Crippen LogP contribution in [0.5, 0.6) is 0 Å². The van der Waals surface area contributed by atoms with Crippen LogP contribution >= 0.6 is 25.3 Å². The molecule has 74 valence electrons. The third kappa shape index (κ3) is 8.79. The summed E-state index contributed by atoms with van der Waals surface area (Å²) in [7, 11) is 0. The molecule has 0 aliphatic heterocycles. The maximum absolute atomic E-state index is 4.55. The van der Waals surface area contributed by atoms with Crippen LogP contribution in [-0.4, -0.2) is 11.0 Å². The molecule has 1 atom stereocenters. The second kappa shape index (κ2) is 9.79. The summed E-state index contributed by atoms with van der Waals surface area (Å²) in [6.07, 6.45) is 9.13. The van der Waals surface area contributed by atoms with Crippen molar-refractivity contribution in [3.8, 4) is 0 Å². The van der Waals surface area contributed by atoms with Gasteiger partial charge in [0.2, 0.25) is 0 Å². The zero-order chi connectivity index (χ0) is 9.23.